The van der Waals surface area contributed by atoms with Crippen molar-refractivity contribution in [1.82, 2.24) is 9.88 Å². The molecule has 1 heterocycles. The maximum atomic E-state index is 5.71. The van der Waals surface area contributed by atoms with Crippen molar-refractivity contribution in [2.24, 2.45) is 5.73 Å². The van der Waals surface area contributed by atoms with Gasteiger partial charge in [0.2, 0.25) is 0 Å². The Morgan fingerprint density at radius 3 is 2.38 bits per heavy atom. The first-order valence-electron chi connectivity index (χ1n) is 5.63. The molecule has 92 valence electrons. The van der Waals surface area contributed by atoms with Gasteiger partial charge in [0.25, 0.3) is 0 Å². The lowest BCUT2D eigenvalue weighted by Gasteiger charge is -2.18. The second-order valence-corrected chi connectivity index (χ2v) is 5.21. The van der Waals surface area contributed by atoms with E-state index in [9.17, 15) is 0 Å². The first-order valence-corrected chi connectivity index (χ1v) is 6.44. The molecule has 1 aromatic rings. The predicted molar refractivity (Wildman–Crippen MR) is 71.2 cm³/mol. The molecule has 0 aliphatic heterocycles. The van der Waals surface area contributed by atoms with Crippen LogP contribution in [0.5, 0.6) is 0 Å². The van der Waals surface area contributed by atoms with Crippen LogP contribution in [0, 0.1) is 0 Å². The summed E-state index contributed by atoms with van der Waals surface area (Å²) in [6.45, 7) is 4.75. The highest BCUT2D eigenvalue weighted by Crippen LogP contribution is 2.25. The van der Waals surface area contributed by atoms with Crippen LogP contribution in [0.1, 0.15) is 17.5 Å². The van der Waals surface area contributed by atoms with E-state index in [4.69, 9.17) is 5.73 Å². The van der Waals surface area contributed by atoms with Crippen molar-refractivity contribution >= 4 is 16.5 Å². The van der Waals surface area contributed by atoms with Gasteiger partial charge in [-0.15, -0.1) is 11.3 Å². The minimum atomic E-state index is 0.600. The number of hydrogen-bond donors (Lipinski definition) is 1. The molecule has 0 aromatic carbocycles. The number of nitrogens with zero attached hydrogens (tertiary/aromatic N) is 3. The maximum Gasteiger partial charge on any atom is 0.185 e. The van der Waals surface area contributed by atoms with Crippen molar-refractivity contribution in [3.05, 3.63) is 10.6 Å². The Labute approximate surface area is 102 Å². The van der Waals surface area contributed by atoms with Crippen LogP contribution in [0.2, 0.25) is 0 Å². The van der Waals surface area contributed by atoms with Gasteiger partial charge in [-0.3, -0.25) is 0 Å². The lowest BCUT2D eigenvalue weighted by Crippen LogP contribution is -2.28. The molecule has 0 bridgehead atoms. The van der Waals surface area contributed by atoms with Gasteiger partial charge in [0.15, 0.2) is 5.13 Å². The van der Waals surface area contributed by atoms with Crippen molar-refractivity contribution < 1.29 is 0 Å². The number of nitrogens with two attached hydrogens (primary N) is 1. The first-order chi connectivity index (χ1) is 7.58. The topological polar surface area (TPSA) is 45.4 Å². The zero-order chi connectivity index (χ0) is 12.1. The number of hydrogen-bond acceptors (Lipinski definition) is 5. The zero-order valence-corrected chi connectivity index (χ0v) is 11.5. The van der Waals surface area contributed by atoms with E-state index < -0.39 is 0 Å². The van der Waals surface area contributed by atoms with Gasteiger partial charge in [-0.05, 0) is 20.5 Å². The quantitative estimate of drug-likeness (QED) is 0.813. The number of aromatic nitrogens is 1. The molecule has 16 heavy (non-hydrogen) atoms. The summed E-state index contributed by atoms with van der Waals surface area (Å²) >= 11 is 1.72. The second-order valence-electron chi connectivity index (χ2n) is 4.15. The molecular weight excluding hydrogens is 220 g/mol. The van der Waals surface area contributed by atoms with Crippen LogP contribution in [-0.2, 0) is 13.0 Å². The van der Waals surface area contributed by atoms with Crippen LogP contribution in [-0.4, -0.2) is 44.1 Å². The molecule has 0 aliphatic carbocycles. The highest BCUT2D eigenvalue weighted by atomic mass is 32.1. The Kier molecular flexibility index (Phi) is 5.18. The van der Waals surface area contributed by atoms with E-state index in [0.29, 0.717) is 6.54 Å². The average molecular weight is 242 g/mol. The Morgan fingerprint density at radius 2 is 1.94 bits per heavy atom. The number of aryl methyl sites for hydroxylation is 1. The van der Waals surface area contributed by atoms with Gasteiger partial charge in [0.1, 0.15) is 0 Å². The smallest absolute Gasteiger partial charge is 0.185 e. The summed E-state index contributed by atoms with van der Waals surface area (Å²) in [4.78, 5) is 10.2. The largest absolute Gasteiger partial charge is 0.350 e. The van der Waals surface area contributed by atoms with Gasteiger partial charge >= 0.3 is 0 Å². The predicted octanol–water partition coefficient (Wildman–Crippen LogP) is 1.16. The summed E-state index contributed by atoms with van der Waals surface area (Å²) in [6.07, 6.45) is 0.963. The third-order valence-electron chi connectivity index (χ3n) is 2.50. The molecule has 0 spiro atoms. The van der Waals surface area contributed by atoms with Crippen molar-refractivity contribution in [1.29, 1.82) is 0 Å². The summed E-state index contributed by atoms with van der Waals surface area (Å²) in [5, 5.41) is 1.08. The highest BCUT2D eigenvalue weighted by Gasteiger charge is 2.11. The van der Waals surface area contributed by atoms with Gasteiger partial charge in [0.05, 0.1) is 5.69 Å². The van der Waals surface area contributed by atoms with E-state index in [1.54, 1.807) is 11.3 Å². The SMILES string of the molecule is CCc1nc(N(C)CCN(C)C)sc1CN. The molecule has 0 fully saturated rings. The highest BCUT2D eigenvalue weighted by molar-refractivity contribution is 7.15. The van der Waals surface area contributed by atoms with Crippen LogP contribution in [0.25, 0.3) is 0 Å². The normalized spacial score (nSPS) is 11.1. The van der Waals surface area contributed by atoms with E-state index in [-0.39, 0.29) is 0 Å². The molecule has 0 aliphatic rings. The van der Waals surface area contributed by atoms with E-state index in [1.807, 2.05) is 0 Å². The fourth-order valence-electron chi connectivity index (χ4n) is 1.41. The van der Waals surface area contributed by atoms with Crippen LogP contribution in [0.4, 0.5) is 5.13 Å². The molecule has 1 rings (SSSR count). The molecule has 1 aromatic heterocycles. The Morgan fingerprint density at radius 1 is 1.25 bits per heavy atom. The third-order valence-corrected chi connectivity index (χ3v) is 3.73. The molecule has 5 heteroatoms. The molecule has 0 atom stereocenters. The molecule has 2 N–H and O–H groups in total. The first kappa shape index (κ1) is 13.4. The summed E-state index contributed by atoms with van der Waals surface area (Å²) in [6, 6.07) is 0. The Hall–Kier alpha value is -0.650. The fourth-order valence-corrected chi connectivity index (χ4v) is 2.43. The summed E-state index contributed by atoms with van der Waals surface area (Å²) in [7, 11) is 6.25. The van der Waals surface area contributed by atoms with E-state index in [1.165, 1.54) is 4.88 Å². The zero-order valence-electron chi connectivity index (χ0n) is 10.7. The molecular formula is C11H22N4S. The number of rotatable bonds is 6. The monoisotopic (exact) mass is 242 g/mol. The Bertz CT molecular complexity index is 300. The van der Waals surface area contributed by atoms with E-state index in [2.05, 4.69) is 42.9 Å². The average Bonchev–Trinajstić information content (AvgIpc) is 2.68. The van der Waals surface area contributed by atoms with Crippen molar-refractivity contribution in [3.8, 4) is 0 Å². The number of likely N-dealkylation sites (N-methyl/N-ethyl adjacent to an activating group) is 2. The molecule has 0 radical (unpaired) electrons. The lowest BCUT2D eigenvalue weighted by molar-refractivity contribution is 0.416. The van der Waals surface area contributed by atoms with Gasteiger partial charge in [-0.25, -0.2) is 4.98 Å². The number of thiazole rings is 1. The fraction of sp³-hybridized carbons (Fsp3) is 0.727. The van der Waals surface area contributed by atoms with Crippen LogP contribution in [0.15, 0.2) is 0 Å². The minimum absolute atomic E-state index is 0.600. The molecule has 0 unspecified atom stereocenters. The van der Waals surface area contributed by atoms with Crippen molar-refractivity contribution in [3.63, 3.8) is 0 Å². The third kappa shape index (κ3) is 3.43. The molecule has 0 saturated heterocycles. The van der Waals surface area contributed by atoms with Crippen LogP contribution in [0.3, 0.4) is 0 Å². The summed E-state index contributed by atoms with van der Waals surface area (Å²) in [5.41, 5.74) is 6.86. The van der Waals surface area contributed by atoms with E-state index >= 15 is 0 Å². The van der Waals surface area contributed by atoms with Gasteiger partial charge in [-0.1, -0.05) is 6.92 Å². The van der Waals surface area contributed by atoms with Gasteiger partial charge in [-0.2, -0.15) is 0 Å². The van der Waals surface area contributed by atoms with E-state index in [0.717, 1.165) is 30.3 Å². The summed E-state index contributed by atoms with van der Waals surface area (Å²) in [5.74, 6) is 0. The van der Waals surface area contributed by atoms with Crippen LogP contribution < -0.4 is 10.6 Å². The molecule has 0 amide bonds. The second kappa shape index (κ2) is 6.18. The van der Waals surface area contributed by atoms with Gasteiger partial charge < -0.3 is 15.5 Å². The Balaban J connectivity index is 2.68. The van der Waals surface area contributed by atoms with Gasteiger partial charge in [0, 0.05) is 31.6 Å². The van der Waals surface area contributed by atoms with Crippen molar-refractivity contribution in [2.75, 3.05) is 39.1 Å². The van der Waals surface area contributed by atoms with Crippen molar-refractivity contribution in [2.45, 2.75) is 19.9 Å². The maximum absolute atomic E-state index is 5.71. The molecule has 0 saturated carbocycles. The summed E-state index contributed by atoms with van der Waals surface area (Å²) < 4.78 is 0. The lowest BCUT2D eigenvalue weighted by atomic mass is 10.3. The minimum Gasteiger partial charge on any atom is -0.350 e. The molecule has 4 nitrogen and oxygen atoms in total. The number of anilines is 1. The van der Waals surface area contributed by atoms with Crippen LogP contribution >= 0.6 is 11.3 Å². The standard InChI is InChI=1S/C11H22N4S/c1-5-9-10(8-12)16-11(13-9)15(4)7-6-14(2)3/h5-8,12H2,1-4H3.